The Kier molecular flexibility index (Phi) is 15.9. The molecule has 9 nitrogen and oxygen atoms in total. The van der Waals surface area contributed by atoms with Crippen LogP contribution >= 0.6 is 0 Å². The van der Waals surface area contributed by atoms with Gasteiger partial charge in [0.1, 0.15) is 12.5 Å². The number of hydrogen-bond acceptors (Lipinski definition) is 7. The van der Waals surface area contributed by atoms with E-state index >= 15 is 0 Å². The number of esters is 2. The molecule has 0 aliphatic carbocycles. The molecule has 1 spiro atoms. The first-order valence-corrected chi connectivity index (χ1v) is 17.2. The van der Waals surface area contributed by atoms with Gasteiger partial charge in [0.25, 0.3) is 0 Å². The molecule has 0 bridgehead atoms. The minimum atomic E-state index is -0.998. The van der Waals surface area contributed by atoms with Gasteiger partial charge in [-0.15, -0.1) is 0 Å². The number of carbonyl (C=O) groups excluding carboxylic acids is 3. The average molecular weight is 607 g/mol. The molecule has 0 aromatic rings. The third kappa shape index (κ3) is 11.1. The zero-order chi connectivity index (χ0) is 30.9. The standard InChI is InChI=1S/C34H58N2O7/c1-3-25-41-30(38)19-15-13-11-9-7-5-4-6-8-10-12-14-16-26-42-32(39)31-29-21-20-28(22-24-37)36(29)33(40)35-34(31)23-17-18-27(2)43-34/h3,27-29,31,37H,1,4-26H2,2H3,(H,35,40)/t27-,28+,29-,31+,34-/m1/s1. The number of aliphatic hydroxyl groups is 1. The molecule has 3 saturated heterocycles. The molecule has 3 heterocycles. The summed E-state index contributed by atoms with van der Waals surface area (Å²) in [6, 6.07) is -0.490. The van der Waals surface area contributed by atoms with Crippen LogP contribution in [0.1, 0.15) is 135 Å². The first-order chi connectivity index (χ1) is 20.9. The molecule has 3 aliphatic rings. The van der Waals surface area contributed by atoms with Crippen LogP contribution in [-0.2, 0) is 23.8 Å². The van der Waals surface area contributed by atoms with E-state index in [1.165, 1.54) is 51.4 Å². The van der Waals surface area contributed by atoms with E-state index in [4.69, 9.17) is 14.2 Å². The minimum absolute atomic E-state index is 0.0218. The molecule has 0 aromatic heterocycles. The Morgan fingerprint density at radius 3 is 2.21 bits per heavy atom. The van der Waals surface area contributed by atoms with Crippen LogP contribution in [0.2, 0.25) is 0 Å². The fourth-order valence-electron chi connectivity index (χ4n) is 7.22. The van der Waals surface area contributed by atoms with Crippen LogP contribution < -0.4 is 5.32 Å². The summed E-state index contributed by atoms with van der Waals surface area (Å²) in [5.41, 5.74) is -0.998. The molecule has 9 heteroatoms. The molecule has 0 saturated carbocycles. The third-order valence-corrected chi connectivity index (χ3v) is 9.40. The van der Waals surface area contributed by atoms with Crippen molar-refractivity contribution in [2.75, 3.05) is 19.8 Å². The number of fused-ring (bicyclic) bond motifs is 1. The van der Waals surface area contributed by atoms with Crippen LogP contribution in [0.5, 0.6) is 0 Å². The molecule has 5 atom stereocenters. The predicted octanol–water partition coefficient (Wildman–Crippen LogP) is 6.56. The highest BCUT2D eigenvalue weighted by Gasteiger charge is 2.60. The maximum absolute atomic E-state index is 13.5. The summed E-state index contributed by atoms with van der Waals surface area (Å²) in [7, 11) is 0. The van der Waals surface area contributed by atoms with Crippen molar-refractivity contribution in [1.29, 1.82) is 0 Å². The van der Waals surface area contributed by atoms with Gasteiger partial charge in [0, 0.05) is 19.1 Å². The largest absolute Gasteiger partial charge is 0.465 e. The smallest absolute Gasteiger partial charge is 0.320 e. The van der Waals surface area contributed by atoms with Crippen LogP contribution in [-0.4, -0.2) is 71.7 Å². The van der Waals surface area contributed by atoms with Crippen LogP contribution in [0.3, 0.4) is 0 Å². The average Bonchev–Trinajstić information content (AvgIpc) is 3.39. The van der Waals surface area contributed by atoms with Crippen molar-refractivity contribution in [3.05, 3.63) is 12.7 Å². The topological polar surface area (TPSA) is 114 Å². The number of urea groups is 1. The fourth-order valence-corrected chi connectivity index (χ4v) is 7.22. The summed E-state index contributed by atoms with van der Waals surface area (Å²) in [6.07, 6.45) is 21.6. The van der Waals surface area contributed by atoms with Gasteiger partial charge in [-0.25, -0.2) is 4.79 Å². The van der Waals surface area contributed by atoms with E-state index in [1.807, 2.05) is 6.92 Å². The number of unbranched alkanes of at least 4 members (excludes halogenated alkanes) is 12. The Labute approximate surface area is 259 Å². The molecular formula is C34H58N2O7. The number of aliphatic hydroxyl groups excluding tert-OH is 1. The number of hydrogen-bond donors (Lipinski definition) is 2. The van der Waals surface area contributed by atoms with Gasteiger partial charge >= 0.3 is 18.0 Å². The number of nitrogens with zero attached hydrogens (tertiary/aromatic N) is 1. The van der Waals surface area contributed by atoms with Crippen molar-refractivity contribution in [1.82, 2.24) is 10.2 Å². The molecule has 0 radical (unpaired) electrons. The number of ether oxygens (including phenoxy) is 3. The molecule has 2 amide bonds. The Balaban J connectivity index is 1.25. The number of nitrogens with one attached hydrogen (secondary N) is 1. The van der Waals surface area contributed by atoms with Gasteiger partial charge in [-0.3, -0.25) is 9.59 Å². The molecule has 43 heavy (non-hydrogen) atoms. The minimum Gasteiger partial charge on any atom is -0.465 e. The zero-order valence-electron chi connectivity index (χ0n) is 26.7. The van der Waals surface area contributed by atoms with E-state index in [2.05, 4.69) is 11.9 Å². The third-order valence-electron chi connectivity index (χ3n) is 9.40. The summed E-state index contributed by atoms with van der Waals surface area (Å²) in [6.45, 7) is 6.28. The monoisotopic (exact) mass is 606 g/mol. The van der Waals surface area contributed by atoms with Crippen molar-refractivity contribution < 1.29 is 33.7 Å². The van der Waals surface area contributed by atoms with Gasteiger partial charge < -0.3 is 29.5 Å². The lowest BCUT2D eigenvalue weighted by atomic mass is 9.80. The molecular weight excluding hydrogens is 548 g/mol. The van der Waals surface area contributed by atoms with E-state index in [9.17, 15) is 19.5 Å². The van der Waals surface area contributed by atoms with Crippen molar-refractivity contribution in [2.45, 2.75) is 159 Å². The van der Waals surface area contributed by atoms with Crippen molar-refractivity contribution in [3.8, 4) is 0 Å². The normalized spacial score (nSPS) is 26.7. The maximum Gasteiger partial charge on any atom is 0.320 e. The van der Waals surface area contributed by atoms with E-state index < -0.39 is 11.6 Å². The van der Waals surface area contributed by atoms with Crippen molar-refractivity contribution in [2.24, 2.45) is 5.92 Å². The number of carbonyl (C=O) groups is 3. The van der Waals surface area contributed by atoms with E-state index in [-0.39, 0.29) is 42.8 Å². The zero-order valence-corrected chi connectivity index (χ0v) is 26.7. The SMILES string of the molecule is C=CCOC(=O)CCCCCCCCCCCCCCCOC(=O)[C@@H]1[C@H]2CC[C@@H](CCO)N2C(=O)N[C@@]12CCC[C@@H](C)O2. The molecule has 2 N–H and O–H groups in total. The summed E-state index contributed by atoms with van der Waals surface area (Å²) in [5.74, 6) is -0.939. The molecule has 0 unspecified atom stereocenters. The predicted molar refractivity (Wildman–Crippen MR) is 166 cm³/mol. The molecule has 3 rings (SSSR count). The van der Waals surface area contributed by atoms with Gasteiger partial charge in [0.05, 0.1) is 18.8 Å². The highest BCUT2D eigenvalue weighted by molar-refractivity contribution is 5.83. The molecule has 0 aromatic carbocycles. The summed E-state index contributed by atoms with van der Waals surface area (Å²) < 4.78 is 17.2. The first kappa shape index (κ1) is 35.4. The van der Waals surface area contributed by atoms with Gasteiger partial charge in [0.15, 0.2) is 5.72 Å². The highest BCUT2D eigenvalue weighted by atomic mass is 16.6. The van der Waals surface area contributed by atoms with Crippen LogP contribution in [0.4, 0.5) is 4.79 Å². The summed E-state index contributed by atoms with van der Waals surface area (Å²) in [4.78, 5) is 39.9. The molecule has 246 valence electrons. The maximum atomic E-state index is 13.5. The highest BCUT2D eigenvalue weighted by Crippen LogP contribution is 2.45. The Morgan fingerprint density at radius 2 is 1.60 bits per heavy atom. The number of amides is 2. The van der Waals surface area contributed by atoms with Gasteiger partial charge in [-0.1, -0.05) is 83.3 Å². The second-order valence-electron chi connectivity index (χ2n) is 12.8. The lowest BCUT2D eigenvalue weighted by Crippen LogP contribution is -2.72. The van der Waals surface area contributed by atoms with Crippen molar-refractivity contribution >= 4 is 18.0 Å². The molecule has 3 fully saturated rings. The van der Waals surface area contributed by atoms with E-state index in [1.54, 1.807) is 11.0 Å². The second kappa shape index (κ2) is 19.3. The first-order valence-electron chi connectivity index (χ1n) is 17.2. The van der Waals surface area contributed by atoms with Crippen LogP contribution in [0, 0.1) is 5.92 Å². The van der Waals surface area contributed by atoms with Crippen LogP contribution in [0.25, 0.3) is 0 Å². The summed E-state index contributed by atoms with van der Waals surface area (Å²) in [5, 5.41) is 12.6. The van der Waals surface area contributed by atoms with Gasteiger partial charge in [-0.2, -0.15) is 0 Å². The second-order valence-corrected chi connectivity index (χ2v) is 12.8. The van der Waals surface area contributed by atoms with Crippen LogP contribution in [0.15, 0.2) is 12.7 Å². The lowest BCUT2D eigenvalue weighted by Gasteiger charge is -2.52. The Hall–Kier alpha value is -2.13. The Bertz CT molecular complexity index is 868. The van der Waals surface area contributed by atoms with E-state index in [0.29, 0.717) is 32.5 Å². The summed E-state index contributed by atoms with van der Waals surface area (Å²) >= 11 is 0. The van der Waals surface area contributed by atoms with Gasteiger partial charge in [-0.05, 0) is 58.3 Å². The van der Waals surface area contributed by atoms with Crippen molar-refractivity contribution in [3.63, 3.8) is 0 Å². The molecule has 3 aliphatic heterocycles. The van der Waals surface area contributed by atoms with E-state index in [0.717, 1.165) is 57.8 Å². The number of rotatable bonds is 21. The Morgan fingerprint density at radius 1 is 0.977 bits per heavy atom. The van der Waals surface area contributed by atoms with Gasteiger partial charge in [0.2, 0.25) is 0 Å². The quantitative estimate of drug-likeness (QED) is 0.0864. The fraction of sp³-hybridized carbons (Fsp3) is 0.853. The lowest BCUT2D eigenvalue weighted by molar-refractivity contribution is -0.204.